The highest BCUT2D eigenvalue weighted by Gasteiger charge is 2.49. The van der Waals surface area contributed by atoms with Gasteiger partial charge in [-0.25, -0.2) is 0 Å². The number of nitrogens with zero attached hydrogens (tertiary/aromatic N) is 1. The zero-order valence-corrected chi connectivity index (χ0v) is 12.9. The number of hydrogen-bond donors (Lipinski definition) is 0. The predicted octanol–water partition coefficient (Wildman–Crippen LogP) is 3.01. The monoisotopic (exact) mass is 335 g/mol. The van der Waals surface area contributed by atoms with Gasteiger partial charge in [-0.3, -0.25) is 24.5 Å². The molecule has 0 N–H and O–H groups in total. The van der Waals surface area contributed by atoms with Crippen molar-refractivity contribution in [2.75, 3.05) is 0 Å². The molecule has 3 rings (SSSR count). The fraction of sp³-hybridized carbons (Fsp3) is 0.438. The molecule has 0 heterocycles. The van der Waals surface area contributed by atoms with Gasteiger partial charge in [-0.1, -0.05) is 18.0 Å². The molecule has 0 saturated heterocycles. The highest BCUT2D eigenvalue weighted by Crippen LogP contribution is 2.42. The van der Waals surface area contributed by atoms with Crippen molar-refractivity contribution in [2.45, 2.75) is 25.7 Å². The van der Waals surface area contributed by atoms with Crippen molar-refractivity contribution in [3.63, 3.8) is 0 Å². The Labute approximate surface area is 137 Å². The van der Waals surface area contributed by atoms with Crippen LogP contribution in [-0.4, -0.2) is 22.3 Å². The maximum atomic E-state index is 12.7. The van der Waals surface area contributed by atoms with Gasteiger partial charge in [0.05, 0.1) is 10.5 Å². The number of benzene rings is 1. The van der Waals surface area contributed by atoms with Gasteiger partial charge >= 0.3 is 0 Å². The van der Waals surface area contributed by atoms with Gasteiger partial charge in [0.2, 0.25) is 0 Å². The van der Waals surface area contributed by atoms with E-state index in [9.17, 15) is 24.5 Å². The fourth-order valence-electron chi connectivity index (χ4n) is 3.70. The van der Waals surface area contributed by atoms with Gasteiger partial charge in [0, 0.05) is 23.4 Å². The highest BCUT2D eigenvalue weighted by atomic mass is 35.5. The molecule has 3 atom stereocenters. The number of carbonyl (C=O) groups is 3. The van der Waals surface area contributed by atoms with E-state index in [0.29, 0.717) is 6.42 Å². The van der Waals surface area contributed by atoms with E-state index in [1.54, 1.807) is 0 Å². The first-order chi connectivity index (χ1) is 10.9. The topological polar surface area (TPSA) is 94.3 Å². The summed E-state index contributed by atoms with van der Waals surface area (Å²) < 4.78 is 0. The molecule has 120 valence electrons. The fourth-order valence-corrected chi connectivity index (χ4v) is 3.87. The van der Waals surface area contributed by atoms with Crippen LogP contribution < -0.4 is 0 Å². The zero-order valence-electron chi connectivity index (χ0n) is 12.2. The molecule has 23 heavy (non-hydrogen) atoms. The maximum absolute atomic E-state index is 12.7. The molecule has 3 unspecified atom stereocenters. The van der Waals surface area contributed by atoms with E-state index in [0.717, 1.165) is 18.9 Å². The molecule has 2 fully saturated rings. The van der Waals surface area contributed by atoms with Gasteiger partial charge in [0.1, 0.15) is 5.92 Å². The smallest absolute Gasteiger partial charge is 0.281 e. The maximum Gasteiger partial charge on any atom is 0.281 e. The Kier molecular flexibility index (Phi) is 4.02. The highest BCUT2D eigenvalue weighted by molar-refractivity contribution is 6.31. The molecule has 1 aromatic rings. The Morgan fingerprint density at radius 2 is 2.00 bits per heavy atom. The molecule has 7 heteroatoms. The standard InChI is InChI=1S/C16H14ClNO5/c17-9-4-5-11(12(7-9)18(22)23)16(21)14-13(19)6-8-2-1-3-10(8)15(14)20/h4-5,7-8,10,14H,1-3,6H2. The second kappa shape index (κ2) is 5.85. The number of ketones is 3. The van der Waals surface area contributed by atoms with Crippen molar-refractivity contribution in [3.8, 4) is 0 Å². The molecule has 1 aromatic carbocycles. The Morgan fingerprint density at radius 1 is 1.26 bits per heavy atom. The van der Waals surface area contributed by atoms with Crippen LogP contribution in [0.5, 0.6) is 0 Å². The summed E-state index contributed by atoms with van der Waals surface area (Å²) >= 11 is 5.73. The lowest BCUT2D eigenvalue weighted by Gasteiger charge is -2.28. The summed E-state index contributed by atoms with van der Waals surface area (Å²) in [7, 11) is 0. The summed E-state index contributed by atoms with van der Waals surface area (Å²) in [6.45, 7) is 0. The molecule has 0 bridgehead atoms. The van der Waals surface area contributed by atoms with Crippen molar-refractivity contribution >= 4 is 34.6 Å². The molecule has 0 aromatic heterocycles. The lowest BCUT2D eigenvalue weighted by molar-refractivity contribution is -0.385. The predicted molar refractivity (Wildman–Crippen MR) is 81.4 cm³/mol. The van der Waals surface area contributed by atoms with Crippen LogP contribution in [0.2, 0.25) is 5.02 Å². The average molecular weight is 336 g/mol. The largest absolute Gasteiger partial charge is 0.298 e. The number of nitro benzene ring substituents is 1. The lowest BCUT2D eigenvalue weighted by atomic mass is 9.71. The number of rotatable bonds is 3. The van der Waals surface area contributed by atoms with E-state index in [-0.39, 0.29) is 34.6 Å². The van der Waals surface area contributed by atoms with Gasteiger partial charge in [-0.2, -0.15) is 0 Å². The van der Waals surface area contributed by atoms with Gasteiger partial charge < -0.3 is 0 Å². The summed E-state index contributed by atoms with van der Waals surface area (Å²) in [6.07, 6.45) is 2.58. The average Bonchev–Trinajstić information content (AvgIpc) is 2.95. The zero-order chi connectivity index (χ0) is 16.7. The second-order valence-electron chi connectivity index (χ2n) is 6.09. The molecule has 2 saturated carbocycles. The van der Waals surface area contributed by atoms with Crippen LogP contribution in [0.15, 0.2) is 18.2 Å². The van der Waals surface area contributed by atoms with E-state index in [1.165, 1.54) is 12.1 Å². The van der Waals surface area contributed by atoms with Crippen molar-refractivity contribution in [3.05, 3.63) is 38.9 Å². The van der Waals surface area contributed by atoms with Crippen LogP contribution >= 0.6 is 11.6 Å². The Balaban J connectivity index is 1.98. The van der Waals surface area contributed by atoms with Gasteiger partial charge in [-0.15, -0.1) is 0 Å². The number of halogens is 1. The number of Topliss-reactive ketones (excluding diaryl/α,β-unsaturated/α-hetero) is 3. The first-order valence-electron chi connectivity index (χ1n) is 7.44. The molecule has 0 aliphatic heterocycles. The lowest BCUT2D eigenvalue weighted by Crippen LogP contribution is -2.43. The molecule has 0 radical (unpaired) electrons. The summed E-state index contributed by atoms with van der Waals surface area (Å²) in [4.78, 5) is 47.9. The van der Waals surface area contributed by atoms with E-state index in [4.69, 9.17) is 11.6 Å². The Bertz CT molecular complexity index is 729. The third-order valence-electron chi connectivity index (χ3n) is 4.78. The third-order valence-corrected chi connectivity index (χ3v) is 5.01. The van der Waals surface area contributed by atoms with Crippen LogP contribution in [0.1, 0.15) is 36.0 Å². The summed E-state index contributed by atoms with van der Waals surface area (Å²) in [5.74, 6) is -3.24. The number of carbonyl (C=O) groups excluding carboxylic acids is 3. The quantitative estimate of drug-likeness (QED) is 0.366. The van der Waals surface area contributed by atoms with E-state index in [2.05, 4.69) is 0 Å². The van der Waals surface area contributed by atoms with Crippen molar-refractivity contribution < 1.29 is 19.3 Å². The van der Waals surface area contributed by atoms with Crippen molar-refractivity contribution in [1.29, 1.82) is 0 Å². The van der Waals surface area contributed by atoms with E-state index in [1.807, 2.05) is 0 Å². The first kappa shape index (κ1) is 15.8. The van der Waals surface area contributed by atoms with Gasteiger partial charge in [-0.05, 0) is 30.9 Å². The number of fused-ring (bicyclic) bond motifs is 1. The molecule has 2 aliphatic rings. The number of nitro groups is 1. The molecule has 6 nitrogen and oxygen atoms in total. The minimum Gasteiger partial charge on any atom is -0.298 e. The minimum absolute atomic E-state index is 0.0271. The first-order valence-corrected chi connectivity index (χ1v) is 7.82. The Morgan fingerprint density at radius 3 is 2.70 bits per heavy atom. The van der Waals surface area contributed by atoms with Crippen LogP contribution in [-0.2, 0) is 9.59 Å². The van der Waals surface area contributed by atoms with Crippen LogP contribution in [0.3, 0.4) is 0 Å². The molecule has 2 aliphatic carbocycles. The Hall–Kier alpha value is -2.08. The summed E-state index contributed by atoms with van der Waals surface area (Å²) in [5, 5.41) is 11.2. The molecule has 0 amide bonds. The van der Waals surface area contributed by atoms with Crippen molar-refractivity contribution in [1.82, 2.24) is 0 Å². The summed E-state index contributed by atoms with van der Waals surface area (Å²) in [6, 6.07) is 3.62. The van der Waals surface area contributed by atoms with E-state index < -0.39 is 28.1 Å². The van der Waals surface area contributed by atoms with E-state index >= 15 is 0 Å². The van der Waals surface area contributed by atoms with Crippen LogP contribution in [0.25, 0.3) is 0 Å². The molecule has 0 spiro atoms. The third kappa shape index (κ3) is 2.67. The SMILES string of the molecule is O=C1CC2CCCC2C(=O)C1C(=O)c1ccc(Cl)cc1[N+](=O)[O-]. The van der Waals surface area contributed by atoms with Crippen molar-refractivity contribution in [2.24, 2.45) is 17.8 Å². The van der Waals surface area contributed by atoms with Gasteiger partial charge in [0.25, 0.3) is 5.69 Å². The van der Waals surface area contributed by atoms with Gasteiger partial charge in [0.15, 0.2) is 17.3 Å². The second-order valence-corrected chi connectivity index (χ2v) is 6.52. The van der Waals surface area contributed by atoms with Crippen LogP contribution in [0, 0.1) is 27.9 Å². The summed E-state index contributed by atoms with van der Waals surface area (Å²) in [5.41, 5.74) is -0.709. The number of hydrogen-bond acceptors (Lipinski definition) is 5. The minimum atomic E-state index is -1.41. The molecular weight excluding hydrogens is 322 g/mol. The molecular formula is C16H14ClNO5. The normalized spacial score (nSPS) is 26.9. The van der Waals surface area contributed by atoms with Crippen LogP contribution in [0.4, 0.5) is 5.69 Å².